The first-order valence-electron chi connectivity index (χ1n) is 10.7. The molecule has 1 aromatic heterocycles. The van der Waals surface area contributed by atoms with Crippen LogP contribution in [0, 0.1) is 0 Å². The number of hydrogen-bond donors (Lipinski definition) is 1. The van der Waals surface area contributed by atoms with E-state index in [1.807, 2.05) is 78.9 Å². The number of imidazole rings is 1. The van der Waals surface area contributed by atoms with Crippen molar-refractivity contribution in [2.45, 2.75) is 13.0 Å². The molecule has 0 spiro atoms. The first kappa shape index (κ1) is 19.8. The van der Waals surface area contributed by atoms with Crippen LogP contribution in [0.1, 0.15) is 11.1 Å². The second kappa shape index (κ2) is 8.90. The van der Waals surface area contributed by atoms with Crippen LogP contribution in [0.2, 0.25) is 0 Å². The number of rotatable bonds is 6. The molecule has 4 heteroatoms. The van der Waals surface area contributed by atoms with E-state index in [0.717, 1.165) is 40.2 Å². The van der Waals surface area contributed by atoms with Gasteiger partial charge in [-0.1, -0.05) is 72.8 Å². The van der Waals surface area contributed by atoms with E-state index in [4.69, 9.17) is 4.98 Å². The minimum atomic E-state index is -0.0275. The number of aromatic nitrogens is 2. The van der Waals surface area contributed by atoms with E-state index in [2.05, 4.69) is 40.2 Å². The SMILES string of the molecule is O=C(Cc1ccccc1)Nc1ccc(-c2nc3ccccc3n2Cc2ccccc2)cc1. The summed E-state index contributed by atoms with van der Waals surface area (Å²) in [6, 6.07) is 36.3. The molecular formula is C28H23N3O. The van der Waals surface area contributed by atoms with Gasteiger partial charge < -0.3 is 9.88 Å². The number of benzene rings is 4. The summed E-state index contributed by atoms with van der Waals surface area (Å²) in [6.45, 7) is 0.742. The average molecular weight is 418 g/mol. The van der Waals surface area contributed by atoms with E-state index >= 15 is 0 Å². The summed E-state index contributed by atoms with van der Waals surface area (Å²) in [5.74, 6) is 0.887. The number of anilines is 1. The second-order valence-electron chi connectivity index (χ2n) is 7.78. The lowest BCUT2D eigenvalue weighted by atomic mass is 10.1. The smallest absolute Gasteiger partial charge is 0.228 e. The molecule has 4 nitrogen and oxygen atoms in total. The molecule has 1 N–H and O–H groups in total. The Balaban J connectivity index is 1.40. The van der Waals surface area contributed by atoms with Crippen LogP contribution in [-0.2, 0) is 17.8 Å². The average Bonchev–Trinajstić information content (AvgIpc) is 3.19. The van der Waals surface area contributed by atoms with Crippen LogP contribution in [0.4, 0.5) is 5.69 Å². The summed E-state index contributed by atoms with van der Waals surface area (Å²) >= 11 is 0. The van der Waals surface area contributed by atoms with Gasteiger partial charge >= 0.3 is 0 Å². The van der Waals surface area contributed by atoms with Gasteiger partial charge in [0.1, 0.15) is 5.82 Å². The topological polar surface area (TPSA) is 46.9 Å². The molecule has 0 aliphatic rings. The van der Waals surface area contributed by atoms with E-state index in [9.17, 15) is 4.79 Å². The third kappa shape index (κ3) is 4.30. The highest BCUT2D eigenvalue weighted by molar-refractivity contribution is 5.92. The standard InChI is InChI=1S/C28H23N3O/c32-27(19-21-9-3-1-4-10-21)29-24-17-15-23(16-18-24)28-30-25-13-7-8-14-26(25)31(28)20-22-11-5-2-6-12-22/h1-18H,19-20H2,(H,29,32). The summed E-state index contributed by atoms with van der Waals surface area (Å²) in [5, 5.41) is 2.98. The maximum Gasteiger partial charge on any atom is 0.228 e. The van der Waals surface area contributed by atoms with Crippen LogP contribution in [0.15, 0.2) is 109 Å². The van der Waals surface area contributed by atoms with Crippen molar-refractivity contribution in [2.75, 3.05) is 5.32 Å². The highest BCUT2D eigenvalue weighted by atomic mass is 16.1. The molecule has 0 aliphatic heterocycles. The van der Waals surface area contributed by atoms with Gasteiger partial charge in [0.25, 0.3) is 0 Å². The van der Waals surface area contributed by atoms with Crippen molar-refractivity contribution < 1.29 is 4.79 Å². The van der Waals surface area contributed by atoms with Gasteiger partial charge in [-0.3, -0.25) is 4.79 Å². The van der Waals surface area contributed by atoms with Crippen molar-refractivity contribution in [3.8, 4) is 11.4 Å². The first-order chi connectivity index (χ1) is 15.8. The van der Waals surface area contributed by atoms with Crippen molar-refractivity contribution in [3.63, 3.8) is 0 Å². The van der Waals surface area contributed by atoms with Crippen LogP contribution in [0.5, 0.6) is 0 Å². The largest absolute Gasteiger partial charge is 0.326 e. The third-order valence-corrected chi connectivity index (χ3v) is 5.47. The Morgan fingerprint density at radius 3 is 2.06 bits per heavy atom. The number of para-hydroxylation sites is 2. The molecule has 1 heterocycles. The Morgan fingerprint density at radius 1 is 0.719 bits per heavy atom. The Hall–Kier alpha value is -4.18. The van der Waals surface area contributed by atoms with Gasteiger partial charge in [-0.15, -0.1) is 0 Å². The summed E-state index contributed by atoms with van der Waals surface area (Å²) < 4.78 is 2.24. The Bertz CT molecular complexity index is 1340. The van der Waals surface area contributed by atoms with Gasteiger partial charge in [-0.25, -0.2) is 4.98 Å². The fraction of sp³-hybridized carbons (Fsp3) is 0.0714. The number of nitrogens with one attached hydrogen (secondary N) is 1. The van der Waals surface area contributed by atoms with Crippen LogP contribution in [0.3, 0.4) is 0 Å². The molecule has 0 saturated carbocycles. The van der Waals surface area contributed by atoms with Gasteiger partial charge in [0.15, 0.2) is 0 Å². The molecule has 4 aromatic carbocycles. The molecule has 5 aromatic rings. The third-order valence-electron chi connectivity index (χ3n) is 5.47. The molecule has 0 radical (unpaired) electrons. The van der Waals surface area contributed by atoms with Crippen molar-refractivity contribution >= 4 is 22.6 Å². The predicted octanol–water partition coefficient (Wildman–Crippen LogP) is 5.93. The van der Waals surface area contributed by atoms with Crippen molar-refractivity contribution in [2.24, 2.45) is 0 Å². The maximum atomic E-state index is 12.4. The zero-order valence-electron chi connectivity index (χ0n) is 17.6. The monoisotopic (exact) mass is 417 g/mol. The molecule has 0 atom stereocenters. The van der Waals surface area contributed by atoms with Gasteiger partial charge in [0, 0.05) is 17.8 Å². The molecule has 32 heavy (non-hydrogen) atoms. The molecule has 0 aliphatic carbocycles. The number of carbonyl (C=O) groups excluding carboxylic acids is 1. The predicted molar refractivity (Wildman–Crippen MR) is 129 cm³/mol. The van der Waals surface area contributed by atoms with Gasteiger partial charge in [0.05, 0.1) is 17.5 Å². The Morgan fingerprint density at radius 2 is 1.34 bits per heavy atom. The van der Waals surface area contributed by atoms with Crippen LogP contribution >= 0.6 is 0 Å². The Kier molecular flexibility index (Phi) is 5.50. The zero-order valence-corrected chi connectivity index (χ0v) is 17.6. The molecule has 1 amide bonds. The lowest BCUT2D eigenvalue weighted by Gasteiger charge is -2.11. The Labute approximate surface area is 187 Å². The highest BCUT2D eigenvalue weighted by Gasteiger charge is 2.13. The molecular weight excluding hydrogens is 394 g/mol. The minimum Gasteiger partial charge on any atom is -0.326 e. The van der Waals surface area contributed by atoms with Crippen LogP contribution < -0.4 is 5.32 Å². The number of hydrogen-bond acceptors (Lipinski definition) is 2. The maximum absolute atomic E-state index is 12.4. The van der Waals surface area contributed by atoms with Crippen LogP contribution in [0.25, 0.3) is 22.4 Å². The summed E-state index contributed by atoms with van der Waals surface area (Å²) in [4.78, 5) is 17.3. The van der Waals surface area contributed by atoms with E-state index in [1.54, 1.807) is 0 Å². The molecule has 0 fully saturated rings. The van der Waals surface area contributed by atoms with Crippen LogP contribution in [-0.4, -0.2) is 15.5 Å². The first-order valence-corrected chi connectivity index (χ1v) is 10.7. The van der Waals surface area contributed by atoms with Gasteiger partial charge in [-0.2, -0.15) is 0 Å². The molecule has 0 unspecified atom stereocenters. The van der Waals surface area contributed by atoms with Gasteiger partial charge in [-0.05, 0) is 47.5 Å². The summed E-state index contributed by atoms with van der Waals surface area (Å²) in [7, 11) is 0. The van der Waals surface area contributed by atoms with Crippen molar-refractivity contribution in [1.29, 1.82) is 0 Å². The minimum absolute atomic E-state index is 0.0275. The van der Waals surface area contributed by atoms with E-state index in [-0.39, 0.29) is 5.91 Å². The van der Waals surface area contributed by atoms with Crippen molar-refractivity contribution in [3.05, 3.63) is 120 Å². The van der Waals surface area contributed by atoms with Gasteiger partial charge in [0.2, 0.25) is 5.91 Å². The highest BCUT2D eigenvalue weighted by Crippen LogP contribution is 2.27. The fourth-order valence-corrected chi connectivity index (χ4v) is 3.91. The summed E-state index contributed by atoms with van der Waals surface area (Å²) in [5.41, 5.74) is 6.09. The zero-order chi connectivity index (χ0) is 21.8. The number of carbonyl (C=O) groups is 1. The normalized spacial score (nSPS) is 10.9. The number of nitrogens with zero attached hydrogens (tertiary/aromatic N) is 2. The molecule has 0 bridgehead atoms. The second-order valence-corrected chi connectivity index (χ2v) is 7.78. The molecule has 156 valence electrons. The van der Waals surface area contributed by atoms with Crippen molar-refractivity contribution in [1.82, 2.24) is 9.55 Å². The van der Waals surface area contributed by atoms with E-state index in [1.165, 1.54) is 5.56 Å². The molecule has 5 rings (SSSR count). The summed E-state index contributed by atoms with van der Waals surface area (Å²) in [6.07, 6.45) is 0.357. The van der Waals surface area contributed by atoms with E-state index < -0.39 is 0 Å². The number of amides is 1. The lowest BCUT2D eigenvalue weighted by molar-refractivity contribution is -0.115. The lowest BCUT2D eigenvalue weighted by Crippen LogP contribution is -2.14. The van der Waals surface area contributed by atoms with E-state index in [0.29, 0.717) is 6.42 Å². The fourth-order valence-electron chi connectivity index (χ4n) is 3.91. The number of fused-ring (bicyclic) bond motifs is 1. The quantitative estimate of drug-likeness (QED) is 0.372. The molecule has 0 saturated heterocycles.